The number of imidazole rings is 1. The van der Waals surface area contributed by atoms with E-state index in [1.165, 1.54) is 4.57 Å². The fourth-order valence-corrected chi connectivity index (χ4v) is 2.55. The average Bonchev–Trinajstić information content (AvgIpc) is 2.78. The van der Waals surface area contributed by atoms with Crippen LogP contribution in [0.2, 0.25) is 0 Å². The van der Waals surface area contributed by atoms with Crippen LogP contribution in [-0.4, -0.2) is 27.5 Å². The van der Waals surface area contributed by atoms with Crippen molar-refractivity contribution in [3.8, 4) is 0 Å². The van der Waals surface area contributed by atoms with E-state index in [1.807, 2.05) is 31.2 Å². The standard InChI is InChI=1S/C16H22N4O3/c1-2-10-19-12-6-3-4-7-13(12)20(16(19)23)11-15(22)18-9-5-8-14(17)21/h3-4,6-7H,2,5,8-11H2,1H3,(H2,17,21)(H,18,22). The van der Waals surface area contributed by atoms with Crippen LogP contribution in [0.4, 0.5) is 0 Å². The Hall–Kier alpha value is -2.57. The Morgan fingerprint density at radius 3 is 2.43 bits per heavy atom. The molecule has 7 heteroatoms. The van der Waals surface area contributed by atoms with Gasteiger partial charge in [-0.1, -0.05) is 19.1 Å². The maximum Gasteiger partial charge on any atom is 0.329 e. The van der Waals surface area contributed by atoms with Crippen molar-refractivity contribution in [2.75, 3.05) is 6.54 Å². The van der Waals surface area contributed by atoms with Crippen molar-refractivity contribution in [3.05, 3.63) is 34.7 Å². The molecule has 3 N–H and O–H groups in total. The van der Waals surface area contributed by atoms with Crippen LogP contribution in [0.25, 0.3) is 11.0 Å². The summed E-state index contributed by atoms with van der Waals surface area (Å²) in [5.41, 5.74) is 6.45. The number of fused-ring (bicyclic) bond motifs is 1. The third-order valence-electron chi connectivity index (χ3n) is 3.60. The number of amides is 2. The number of primary amides is 1. The van der Waals surface area contributed by atoms with E-state index in [-0.39, 0.29) is 24.6 Å². The van der Waals surface area contributed by atoms with Crippen molar-refractivity contribution < 1.29 is 9.59 Å². The Morgan fingerprint density at radius 1 is 1.17 bits per heavy atom. The largest absolute Gasteiger partial charge is 0.370 e. The lowest BCUT2D eigenvalue weighted by molar-refractivity contribution is -0.122. The molecule has 0 atom stereocenters. The molecule has 1 aromatic carbocycles. The summed E-state index contributed by atoms with van der Waals surface area (Å²) in [4.78, 5) is 35.2. The first-order valence-electron chi connectivity index (χ1n) is 7.77. The molecule has 0 bridgehead atoms. The third kappa shape index (κ3) is 4.00. The first kappa shape index (κ1) is 16.8. The molecule has 124 valence electrons. The molecule has 2 rings (SSSR count). The van der Waals surface area contributed by atoms with Crippen LogP contribution in [0.3, 0.4) is 0 Å². The fourth-order valence-electron chi connectivity index (χ4n) is 2.55. The highest BCUT2D eigenvalue weighted by Crippen LogP contribution is 2.13. The highest BCUT2D eigenvalue weighted by Gasteiger charge is 2.14. The quantitative estimate of drug-likeness (QED) is 0.697. The Kier molecular flexibility index (Phi) is 5.56. The van der Waals surface area contributed by atoms with Gasteiger partial charge in [-0.15, -0.1) is 0 Å². The van der Waals surface area contributed by atoms with Gasteiger partial charge in [0.2, 0.25) is 11.8 Å². The summed E-state index contributed by atoms with van der Waals surface area (Å²) in [6.07, 6.45) is 1.57. The molecular formula is C16H22N4O3. The number of aryl methyl sites for hydroxylation is 1. The molecule has 1 heterocycles. The number of carbonyl (C=O) groups is 2. The molecule has 7 nitrogen and oxygen atoms in total. The SMILES string of the molecule is CCCn1c(=O)n(CC(=O)NCCCC(N)=O)c2ccccc21. The van der Waals surface area contributed by atoms with Gasteiger partial charge < -0.3 is 11.1 Å². The maximum atomic E-state index is 12.5. The van der Waals surface area contributed by atoms with Gasteiger partial charge in [-0.3, -0.25) is 18.7 Å². The molecule has 2 amide bonds. The molecule has 2 aromatic rings. The predicted octanol–water partition coefficient (Wildman–Crippen LogP) is 0.595. The molecule has 0 aliphatic carbocycles. The minimum absolute atomic E-state index is 0.0351. The zero-order chi connectivity index (χ0) is 16.8. The lowest BCUT2D eigenvalue weighted by Gasteiger charge is -2.05. The number of nitrogens with zero attached hydrogens (tertiary/aromatic N) is 2. The van der Waals surface area contributed by atoms with Gasteiger partial charge in [0.25, 0.3) is 0 Å². The number of rotatable bonds is 8. The summed E-state index contributed by atoms with van der Waals surface area (Å²) < 4.78 is 3.17. The van der Waals surface area contributed by atoms with Crippen molar-refractivity contribution in [3.63, 3.8) is 0 Å². The zero-order valence-electron chi connectivity index (χ0n) is 13.2. The summed E-state index contributed by atoms with van der Waals surface area (Å²) in [5, 5.41) is 2.70. The van der Waals surface area contributed by atoms with Crippen LogP contribution >= 0.6 is 0 Å². The van der Waals surface area contributed by atoms with E-state index >= 15 is 0 Å². The number of hydrogen-bond acceptors (Lipinski definition) is 3. The Balaban J connectivity index is 2.13. The van der Waals surface area contributed by atoms with Gasteiger partial charge in [0.05, 0.1) is 11.0 Å². The lowest BCUT2D eigenvalue weighted by atomic mass is 10.3. The smallest absolute Gasteiger partial charge is 0.329 e. The minimum Gasteiger partial charge on any atom is -0.370 e. The number of nitrogens with one attached hydrogen (secondary N) is 1. The number of benzene rings is 1. The molecular weight excluding hydrogens is 296 g/mol. The summed E-state index contributed by atoms with van der Waals surface area (Å²) >= 11 is 0. The molecule has 0 fully saturated rings. The van der Waals surface area contributed by atoms with E-state index in [9.17, 15) is 14.4 Å². The summed E-state index contributed by atoms with van der Waals surface area (Å²) in [5.74, 6) is -0.644. The van der Waals surface area contributed by atoms with Gasteiger partial charge >= 0.3 is 5.69 Å². The van der Waals surface area contributed by atoms with Crippen molar-refractivity contribution >= 4 is 22.8 Å². The van der Waals surface area contributed by atoms with Gasteiger partial charge in [0, 0.05) is 19.5 Å². The van der Waals surface area contributed by atoms with Gasteiger partial charge in [-0.2, -0.15) is 0 Å². The second-order valence-electron chi connectivity index (χ2n) is 5.43. The Morgan fingerprint density at radius 2 is 1.83 bits per heavy atom. The minimum atomic E-state index is -0.391. The first-order chi connectivity index (χ1) is 11.0. The second-order valence-corrected chi connectivity index (χ2v) is 5.43. The van der Waals surface area contributed by atoms with Crippen molar-refractivity contribution in [1.82, 2.24) is 14.5 Å². The highest BCUT2D eigenvalue weighted by atomic mass is 16.2. The topological polar surface area (TPSA) is 99.1 Å². The number of hydrogen-bond donors (Lipinski definition) is 2. The van der Waals surface area contributed by atoms with Crippen LogP contribution in [0.5, 0.6) is 0 Å². The molecule has 0 unspecified atom stereocenters. The number of carbonyl (C=O) groups excluding carboxylic acids is 2. The number of aromatic nitrogens is 2. The van der Waals surface area contributed by atoms with Crippen molar-refractivity contribution in [1.29, 1.82) is 0 Å². The molecule has 0 aliphatic heterocycles. The molecule has 23 heavy (non-hydrogen) atoms. The van der Waals surface area contributed by atoms with Gasteiger partial charge in [0.15, 0.2) is 0 Å². The third-order valence-corrected chi connectivity index (χ3v) is 3.60. The fraction of sp³-hybridized carbons (Fsp3) is 0.438. The molecule has 0 aliphatic rings. The van der Waals surface area contributed by atoms with Crippen LogP contribution in [0, 0.1) is 0 Å². The normalized spacial score (nSPS) is 10.8. The Labute approximate surface area is 134 Å². The van der Waals surface area contributed by atoms with Gasteiger partial charge in [-0.05, 0) is 25.0 Å². The summed E-state index contributed by atoms with van der Waals surface area (Å²) in [7, 11) is 0. The number of nitrogens with two attached hydrogens (primary N) is 1. The Bertz CT molecular complexity index is 760. The summed E-state index contributed by atoms with van der Waals surface area (Å²) in [6, 6.07) is 7.44. The van der Waals surface area contributed by atoms with Gasteiger partial charge in [0.1, 0.15) is 6.54 Å². The zero-order valence-corrected chi connectivity index (χ0v) is 13.2. The van der Waals surface area contributed by atoms with Crippen molar-refractivity contribution in [2.45, 2.75) is 39.3 Å². The van der Waals surface area contributed by atoms with E-state index < -0.39 is 5.91 Å². The average molecular weight is 318 g/mol. The summed E-state index contributed by atoms with van der Waals surface area (Å²) in [6.45, 7) is 2.95. The predicted molar refractivity (Wildman–Crippen MR) is 87.9 cm³/mol. The monoisotopic (exact) mass is 318 g/mol. The van der Waals surface area contributed by atoms with E-state index in [0.717, 1.165) is 17.5 Å². The first-order valence-corrected chi connectivity index (χ1v) is 7.77. The molecule has 0 radical (unpaired) electrons. The molecule has 1 aromatic heterocycles. The number of para-hydroxylation sites is 2. The van der Waals surface area contributed by atoms with Crippen LogP contribution in [0.1, 0.15) is 26.2 Å². The van der Waals surface area contributed by atoms with E-state index in [4.69, 9.17) is 5.73 Å². The second kappa shape index (κ2) is 7.62. The molecule has 0 saturated carbocycles. The van der Waals surface area contributed by atoms with E-state index in [0.29, 0.717) is 19.5 Å². The highest BCUT2D eigenvalue weighted by molar-refractivity contribution is 5.81. The maximum absolute atomic E-state index is 12.5. The van der Waals surface area contributed by atoms with Crippen LogP contribution in [0.15, 0.2) is 29.1 Å². The van der Waals surface area contributed by atoms with E-state index in [1.54, 1.807) is 4.57 Å². The molecule has 0 saturated heterocycles. The lowest BCUT2D eigenvalue weighted by Crippen LogP contribution is -2.33. The molecule has 0 spiro atoms. The van der Waals surface area contributed by atoms with Crippen LogP contribution in [-0.2, 0) is 22.7 Å². The van der Waals surface area contributed by atoms with Crippen molar-refractivity contribution in [2.24, 2.45) is 5.73 Å². The van der Waals surface area contributed by atoms with E-state index in [2.05, 4.69) is 5.32 Å². The van der Waals surface area contributed by atoms with Crippen LogP contribution < -0.4 is 16.7 Å². The van der Waals surface area contributed by atoms with Gasteiger partial charge in [-0.25, -0.2) is 4.79 Å².